The Kier molecular flexibility index (Phi) is 5.69. The van der Waals surface area contributed by atoms with E-state index in [9.17, 15) is 9.18 Å². The van der Waals surface area contributed by atoms with E-state index in [1.54, 1.807) is 0 Å². The minimum Gasteiger partial charge on any atom is -0.376 e. The summed E-state index contributed by atoms with van der Waals surface area (Å²) in [5.74, 6) is 4.27. The number of carbonyl (C=O) groups is 1. The van der Waals surface area contributed by atoms with Crippen LogP contribution in [0.2, 0.25) is 0 Å². The van der Waals surface area contributed by atoms with Crippen LogP contribution >= 0.6 is 0 Å². The second-order valence-electron chi connectivity index (χ2n) is 4.48. The Morgan fingerprint density at radius 3 is 3.00 bits per heavy atom. The van der Waals surface area contributed by atoms with Gasteiger partial charge in [-0.25, -0.2) is 4.39 Å². The molecule has 1 fully saturated rings. The predicted octanol–water partition coefficient (Wildman–Crippen LogP) is 0.281. The van der Waals surface area contributed by atoms with Crippen LogP contribution in [0, 0.1) is 17.7 Å². The number of amides is 1. The SMILES string of the molecule is NCC#Cc1ccc(C(=O)NCC2COCCO2)cc1F. The Bertz CT molecular complexity index is 560. The smallest absolute Gasteiger partial charge is 0.251 e. The molecule has 112 valence electrons. The fourth-order valence-electron chi connectivity index (χ4n) is 1.87. The summed E-state index contributed by atoms with van der Waals surface area (Å²) in [5, 5.41) is 2.69. The maximum Gasteiger partial charge on any atom is 0.251 e. The van der Waals surface area contributed by atoms with Gasteiger partial charge in [-0.1, -0.05) is 11.8 Å². The quantitative estimate of drug-likeness (QED) is 0.785. The summed E-state index contributed by atoms with van der Waals surface area (Å²) in [4.78, 5) is 11.9. The molecule has 0 aromatic heterocycles. The number of benzene rings is 1. The molecular formula is C15H17FN2O3. The summed E-state index contributed by atoms with van der Waals surface area (Å²) >= 11 is 0. The van der Waals surface area contributed by atoms with E-state index in [1.165, 1.54) is 12.1 Å². The Hall–Kier alpha value is -1.94. The van der Waals surface area contributed by atoms with Crippen molar-refractivity contribution < 1.29 is 18.7 Å². The molecule has 1 amide bonds. The molecule has 2 rings (SSSR count). The lowest BCUT2D eigenvalue weighted by Gasteiger charge is -2.23. The highest BCUT2D eigenvalue weighted by atomic mass is 19.1. The average Bonchev–Trinajstić information content (AvgIpc) is 2.52. The van der Waals surface area contributed by atoms with Gasteiger partial charge in [0, 0.05) is 12.1 Å². The highest BCUT2D eigenvalue weighted by Gasteiger charge is 2.16. The monoisotopic (exact) mass is 292 g/mol. The van der Waals surface area contributed by atoms with Crippen LogP contribution in [0.4, 0.5) is 4.39 Å². The minimum atomic E-state index is -0.541. The van der Waals surface area contributed by atoms with Crippen LogP contribution in [0.25, 0.3) is 0 Å². The molecule has 3 N–H and O–H groups in total. The third-order valence-electron chi connectivity index (χ3n) is 2.93. The molecule has 0 aliphatic carbocycles. The Balaban J connectivity index is 1.94. The molecule has 0 radical (unpaired) electrons. The molecule has 1 aromatic carbocycles. The summed E-state index contributed by atoms with van der Waals surface area (Å²) in [6, 6.07) is 4.15. The first-order chi connectivity index (χ1) is 10.2. The van der Waals surface area contributed by atoms with Crippen LogP contribution in [0.5, 0.6) is 0 Å². The summed E-state index contributed by atoms with van der Waals surface area (Å²) in [6.07, 6.45) is -0.165. The second-order valence-corrected chi connectivity index (χ2v) is 4.48. The van der Waals surface area contributed by atoms with Gasteiger partial charge in [-0.05, 0) is 18.2 Å². The van der Waals surface area contributed by atoms with Gasteiger partial charge in [0.25, 0.3) is 5.91 Å². The van der Waals surface area contributed by atoms with Gasteiger partial charge in [-0.3, -0.25) is 4.79 Å². The largest absolute Gasteiger partial charge is 0.376 e. The van der Waals surface area contributed by atoms with E-state index in [2.05, 4.69) is 17.2 Å². The Morgan fingerprint density at radius 2 is 2.33 bits per heavy atom. The van der Waals surface area contributed by atoms with Gasteiger partial charge in [0.15, 0.2) is 0 Å². The molecule has 1 atom stereocenters. The van der Waals surface area contributed by atoms with Crippen LogP contribution in [0.1, 0.15) is 15.9 Å². The van der Waals surface area contributed by atoms with Crippen LogP contribution in [0.3, 0.4) is 0 Å². The molecule has 1 heterocycles. The van der Waals surface area contributed by atoms with E-state index in [-0.39, 0.29) is 29.7 Å². The molecule has 21 heavy (non-hydrogen) atoms. The van der Waals surface area contributed by atoms with Crippen molar-refractivity contribution in [2.45, 2.75) is 6.10 Å². The summed E-state index contributed by atoms with van der Waals surface area (Å²) in [7, 11) is 0. The first kappa shape index (κ1) is 15.4. The fourth-order valence-corrected chi connectivity index (χ4v) is 1.87. The maximum absolute atomic E-state index is 13.8. The third kappa shape index (κ3) is 4.53. The topological polar surface area (TPSA) is 73.6 Å². The zero-order chi connectivity index (χ0) is 15.1. The van der Waals surface area contributed by atoms with Gasteiger partial charge in [-0.15, -0.1) is 0 Å². The molecule has 0 saturated carbocycles. The molecule has 5 nitrogen and oxygen atoms in total. The standard InChI is InChI=1S/C15H17FN2O3/c16-14-8-12(4-3-11(14)2-1-5-17)15(19)18-9-13-10-20-6-7-21-13/h3-4,8,13H,5-7,9-10,17H2,(H,18,19). The van der Waals surface area contributed by atoms with Gasteiger partial charge in [0.1, 0.15) is 5.82 Å². The van der Waals surface area contributed by atoms with E-state index in [0.717, 1.165) is 6.07 Å². The van der Waals surface area contributed by atoms with Crippen LogP contribution in [-0.2, 0) is 9.47 Å². The molecule has 6 heteroatoms. The number of hydrogen-bond acceptors (Lipinski definition) is 4. The van der Waals surface area contributed by atoms with E-state index < -0.39 is 5.82 Å². The zero-order valence-electron chi connectivity index (χ0n) is 11.5. The van der Waals surface area contributed by atoms with Crippen molar-refractivity contribution in [2.24, 2.45) is 5.73 Å². The van der Waals surface area contributed by atoms with Crippen LogP contribution in [-0.4, -0.2) is 44.9 Å². The lowest BCUT2D eigenvalue weighted by molar-refractivity contribution is -0.0855. The van der Waals surface area contributed by atoms with Crippen molar-refractivity contribution in [3.8, 4) is 11.8 Å². The molecule has 1 aromatic rings. The molecule has 0 bridgehead atoms. The zero-order valence-corrected chi connectivity index (χ0v) is 11.5. The molecular weight excluding hydrogens is 275 g/mol. The van der Waals surface area contributed by atoms with Crippen molar-refractivity contribution in [2.75, 3.05) is 32.9 Å². The van der Waals surface area contributed by atoms with E-state index >= 15 is 0 Å². The summed E-state index contributed by atoms with van der Waals surface area (Å²) < 4.78 is 24.4. The summed E-state index contributed by atoms with van der Waals surface area (Å²) in [5.41, 5.74) is 5.69. The number of rotatable bonds is 3. The lowest BCUT2D eigenvalue weighted by Crippen LogP contribution is -2.39. The Labute approximate surface area is 122 Å². The number of nitrogens with one attached hydrogen (secondary N) is 1. The molecule has 1 aliphatic rings. The number of carbonyl (C=O) groups excluding carboxylic acids is 1. The van der Waals surface area contributed by atoms with Crippen molar-refractivity contribution in [3.05, 3.63) is 35.1 Å². The first-order valence-corrected chi connectivity index (χ1v) is 6.66. The van der Waals surface area contributed by atoms with Gasteiger partial charge in [0.2, 0.25) is 0 Å². The molecule has 0 spiro atoms. The lowest BCUT2D eigenvalue weighted by atomic mass is 10.1. The summed E-state index contributed by atoms with van der Waals surface area (Å²) in [6.45, 7) is 2.02. The van der Waals surface area contributed by atoms with E-state index in [4.69, 9.17) is 15.2 Å². The molecule has 1 unspecified atom stereocenters. The van der Waals surface area contributed by atoms with Crippen molar-refractivity contribution in [1.82, 2.24) is 5.32 Å². The van der Waals surface area contributed by atoms with Gasteiger partial charge >= 0.3 is 0 Å². The number of ether oxygens (including phenoxy) is 2. The molecule has 1 saturated heterocycles. The maximum atomic E-state index is 13.8. The number of nitrogens with two attached hydrogens (primary N) is 1. The molecule has 1 aliphatic heterocycles. The normalized spacial score (nSPS) is 17.7. The van der Waals surface area contributed by atoms with Crippen molar-refractivity contribution >= 4 is 5.91 Å². The van der Waals surface area contributed by atoms with Gasteiger partial charge in [-0.2, -0.15) is 0 Å². The van der Waals surface area contributed by atoms with Crippen molar-refractivity contribution in [3.63, 3.8) is 0 Å². The highest BCUT2D eigenvalue weighted by molar-refractivity contribution is 5.94. The van der Waals surface area contributed by atoms with Crippen LogP contribution < -0.4 is 11.1 Å². The second kappa shape index (κ2) is 7.74. The first-order valence-electron chi connectivity index (χ1n) is 6.66. The minimum absolute atomic E-state index is 0.158. The number of halogens is 1. The highest BCUT2D eigenvalue weighted by Crippen LogP contribution is 2.09. The fraction of sp³-hybridized carbons (Fsp3) is 0.400. The van der Waals surface area contributed by atoms with E-state index in [1.807, 2.05) is 0 Å². The predicted molar refractivity (Wildman–Crippen MR) is 75.2 cm³/mol. The van der Waals surface area contributed by atoms with Crippen molar-refractivity contribution in [1.29, 1.82) is 0 Å². The van der Waals surface area contributed by atoms with E-state index in [0.29, 0.717) is 26.4 Å². The van der Waals surface area contributed by atoms with Gasteiger partial charge in [0.05, 0.1) is 38.0 Å². The number of hydrogen-bond donors (Lipinski definition) is 2. The Morgan fingerprint density at radius 1 is 1.48 bits per heavy atom. The van der Waals surface area contributed by atoms with Crippen LogP contribution in [0.15, 0.2) is 18.2 Å². The third-order valence-corrected chi connectivity index (χ3v) is 2.93. The van der Waals surface area contributed by atoms with Gasteiger partial charge < -0.3 is 20.5 Å². The average molecular weight is 292 g/mol.